The molecule has 0 aliphatic heterocycles. The van der Waals surface area contributed by atoms with Crippen molar-refractivity contribution < 1.29 is 9.31 Å². The van der Waals surface area contributed by atoms with E-state index in [1.165, 1.54) is 30.3 Å². The number of nitro groups is 1. The Morgan fingerprint density at radius 1 is 1.24 bits per heavy atom. The van der Waals surface area contributed by atoms with E-state index in [2.05, 4.69) is 4.98 Å². The molecule has 0 aliphatic carbocycles. The summed E-state index contributed by atoms with van der Waals surface area (Å²) >= 11 is 5.67. The van der Waals surface area contributed by atoms with Crippen LogP contribution in [0, 0.1) is 15.9 Å². The van der Waals surface area contributed by atoms with Gasteiger partial charge in [-0.2, -0.15) is 0 Å². The topological polar surface area (TPSA) is 56.0 Å². The Balaban J connectivity index is 2.70. The molecule has 1 aromatic heterocycles. The van der Waals surface area contributed by atoms with Crippen LogP contribution >= 0.6 is 11.6 Å². The highest BCUT2D eigenvalue weighted by Crippen LogP contribution is 2.30. The lowest BCUT2D eigenvalue weighted by molar-refractivity contribution is -0.384. The second-order valence-electron chi connectivity index (χ2n) is 3.24. The van der Waals surface area contributed by atoms with E-state index in [0.29, 0.717) is 0 Å². The van der Waals surface area contributed by atoms with Crippen LogP contribution < -0.4 is 0 Å². The molecule has 2 aromatic rings. The van der Waals surface area contributed by atoms with Crippen LogP contribution in [0.25, 0.3) is 11.3 Å². The highest BCUT2D eigenvalue weighted by atomic mass is 35.5. The molecule has 0 amide bonds. The number of aromatic nitrogens is 1. The van der Waals surface area contributed by atoms with Crippen LogP contribution in [-0.4, -0.2) is 9.91 Å². The van der Waals surface area contributed by atoms with Crippen LogP contribution in [0.5, 0.6) is 0 Å². The van der Waals surface area contributed by atoms with E-state index in [4.69, 9.17) is 11.6 Å². The Hall–Kier alpha value is -2.01. The summed E-state index contributed by atoms with van der Waals surface area (Å²) in [6, 6.07) is 8.20. The largest absolute Gasteiger partial charge is 0.295 e. The van der Waals surface area contributed by atoms with Gasteiger partial charge in [0.2, 0.25) is 0 Å². The lowest BCUT2D eigenvalue weighted by atomic mass is 10.1. The van der Waals surface area contributed by atoms with Crippen molar-refractivity contribution in [2.45, 2.75) is 0 Å². The standard InChI is InChI=1S/C11H6ClFN2O2/c12-10-6-5-9(15(16)17)11(14-10)7-3-1-2-4-8(7)13/h1-6H. The van der Waals surface area contributed by atoms with Gasteiger partial charge >= 0.3 is 0 Å². The zero-order chi connectivity index (χ0) is 12.4. The van der Waals surface area contributed by atoms with Gasteiger partial charge in [0.25, 0.3) is 5.69 Å². The van der Waals surface area contributed by atoms with E-state index >= 15 is 0 Å². The summed E-state index contributed by atoms with van der Waals surface area (Å²) in [5.74, 6) is -0.578. The Kier molecular flexibility index (Phi) is 3.01. The van der Waals surface area contributed by atoms with E-state index < -0.39 is 10.7 Å². The summed E-state index contributed by atoms with van der Waals surface area (Å²) in [5, 5.41) is 10.9. The van der Waals surface area contributed by atoms with E-state index in [0.717, 1.165) is 0 Å². The Morgan fingerprint density at radius 2 is 1.94 bits per heavy atom. The van der Waals surface area contributed by atoms with Crippen LogP contribution in [-0.2, 0) is 0 Å². The number of hydrogen-bond donors (Lipinski definition) is 0. The van der Waals surface area contributed by atoms with Crippen molar-refractivity contribution >= 4 is 17.3 Å². The minimum atomic E-state index is -0.620. The first-order chi connectivity index (χ1) is 8.09. The molecule has 0 radical (unpaired) electrons. The van der Waals surface area contributed by atoms with Crippen molar-refractivity contribution in [1.29, 1.82) is 0 Å². The van der Waals surface area contributed by atoms with Gasteiger partial charge in [0, 0.05) is 11.6 Å². The molecule has 0 fully saturated rings. The maximum absolute atomic E-state index is 13.5. The predicted octanol–water partition coefficient (Wildman–Crippen LogP) is 3.45. The number of hydrogen-bond acceptors (Lipinski definition) is 3. The van der Waals surface area contributed by atoms with Gasteiger partial charge in [-0.1, -0.05) is 23.7 Å². The summed E-state index contributed by atoms with van der Waals surface area (Å²) in [6.45, 7) is 0. The smallest absolute Gasteiger partial charge is 0.258 e. The molecule has 0 atom stereocenters. The first kappa shape index (κ1) is 11.5. The third-order valence-electron chi connectivity index (χ3n) is 2.17. The van der Waals surface area contributed by atoms with E-state index in [9.17, 15) is 14.5 Å². The summed E-state index contributed by atoms with van der Waals surface area (Å²) in [7, 11) is 0. The van der Waals surface area contributed by atoms with Crippen molar-refractivity contribution in [3.63, 3.8) is 0 Å². The second kappa shape index (κ2) is 4.47. The number of pyridine rings is 1. The van der Waals surface area contributed by atoms with Gasteiger partial charge in [-0.3, -0.25) is 10.1 Å². The molecule has 6 heteroatoms. The summed E-state index contributed by atoms with van der Waals surface area (Å²) < 4.78 is 13.5. The minimum Gasteiger partial charge on any atom is -0.258 e. The minimum absolute atomic E-state index is 0.0571. The molecular weight excluding hydrogens is 247 g/mol. The molecule has 1 heterocycles. The van der Waals surface area contributed by atoms with Gasteiger partial charge in [-0.05, 0) is 18.2 Å². The molecule has 2 rings (SSSR count). The van der Waals surface area contributed by atoms with Gasteiger partial charge in [0.1, 0.15) is 11.0 Å². The van der Waals surface area contributed by atoms with Crippen LogP contribution in [0.4, 0.5) is 10.1 Å². The molecule has 1 aromatic carbocycles. The molecular formula is C11H6ClFN2O2. The summed E-state index contributed by atoms with van der Waals surface area (Å²) in [6.07, 6.45) is 0. The highest BCUT2D eigenvalue weighted by molar-refractivity contribution is 6.29. The van der Waals surface area contributed by atoms with Crippen LogP contribution in [0.3, 0.4) is 0 Å². The van der Waals surface area contributed by atoms with Gasteiger partial charge in [0.05, 0.1) is 4.92 Å². The predicted molar refractivity (Wildman–Crippen MR) is 61.3 cm³/mol. The maximum Gasteiger partial charge on any atom is 0.295 e. The van der Waals surface area contributed by atoms with Crippen molar-refractivity contribution in [2.24, 2.45) is 0 Å². The number of halogens is 2. The summed E-state index contributed by atoms with van der Waals surface area (Å²) in [5.41, 5.74) is -0.290. The van der Waals surface area contributed by atoms with Crippen LogP contribution in [0.1, 0.15) is 0 Å². The molecule has 0 aliphatic rings. The number of benzene rings is 1. The first-order valence-corrected chi connectivity index (χ1v) is 5.03. The Morgan fingerprint density at radius 3 is 2.59 bits per heavy atom. The third kappa shape index (κ3) is 2.24. The van der Waals surface area contributed by atoms with E-state index in [-0.39, 0.29) is 22.1 Å². The number of nitrogens with zero attached hydrogens (tertiary/aromatic N) is 2. The average molecular weight is 253 g/mol. The van der Waals surface area contributed by atoms with Gasteiger partial charge in [-0.15, -0.1) is 0 Å². The maximum atomic E-state index is 13.5. The zero-order valence-corrected chi connectivity index (χ0v) is 9.19. The molecule has 0 bridgehead atoms. The molecule has 0 unspecified atom stereocenters. The van der Waals surface area contributed by atoms with Crippen LogP contribution in [0.2, 0.25) is 5.15 Å². The van der Waals surface area contributed by atoms with Gasteiger partial charge in [0.15, 0.2) is 5.69 Å². The number of rotatable bonds is 2. The van der Waals surface area contributed by atoms with Crippen molar-refractivity contribution in [3.8, 4) is 11.3 Å². The molecule has 0 spiro atoms. The van der Waals surface area contributed by atoms with Gasteiger partial charge in [-0.25, -0.2) is 9.37 Å². The third-order valence-corrected chi connectivity index (χ3v) is 2.38. The molecule has 17 heavy (non-hydrogen) atoms. The zero-order valence-electron chi connectivity index (χ0n) is 8.43. The monoisotopic (exact) mass is 252 g/mol. The lowest BCUT2D eigenvalue weighted by Gasteiger charge is -2.03. The Labute approximate surface area is 101 Å². The lowest BCUT2D eigenvalue weighted by Crippen LogP contribution is -1.96. The van der Waals surface area contributed by atoms with Crippen LogP contribution in [0.15, 0.2) is 36.4 Å². The molecule has 0 N–H and O–H groups in total. The fourth-order valence-electron chi connectivity index (χ4n) is 1.43. The van der Waals surface area contributed by atoms with E-state index in [1.807, 2.05) is 0 Å². The average Bonchev–Trinajstić information content (AvgIpc) is 2.29. The molecule has 0 saturated carbocycles. The highest BCUT2D eigenvalue weighted by Gasteiger charge is 2.19. The van der Waals surface area contributed by atoms with Crippen molar-refractivity contribution in [2.75, 3.05) is 0 Å². The Bertz CT molecular complexity index is 589. The summed E-state index contributed by atoms with van der Waals surface area (Å²) in [4.78, 5) is 14.0. The fraction of sp³-hybridized carbons (Fsp3) is 0. The van der Waals surface area contributed by atoms with E-state index in [1.54, 1.807) is 6.07 Å². The second-order valence-corrected chi connectivity index (χ2v) is 3.63. The SMILES string of the molecule is O=[N+]([O-])c1ccc(Cl)nc1-c1ccccc1F. The van der Waals surface area contributed by atoms with Crippen molar-refractivity contribution in [3.05, 3.63) is 57.5 Å². The molecule has 4 nitrogen and oxygen atoms in total. The molecule has 0 saturated heterocycles. The van der Waals surface area contributed by atoms with Crippen molar-refractivity contribution in [1.82, 2.24) is 4.98 Å². The molecule has 86 valence electrons. The quantitative estimate of drug-likeness (QED) is 0.467. The first-order valence-electron chi connectivity index (χ1n) is 4.65. The normalized spacial score (nSPS) is 10.2. The fourth-order valence-corrected chi connectivity index (χ4v) is 1.57. The van der Waals surface area contributed by atoms with Gasteiger partial charge < -0.3 is 0 Å².